The SMILES string of the molecule is CCCCN(CC)C(=O)C(C)Sc1nc(C)nc2sc(CC)cc12. The topological polar surface area (TPSA) is 46.1 Å². The Morgan fingerprint density at radius 3 is 2.71 bits per heavy atom. The summed E-state index contributed by atoms with van der Waals surface area (Å²) >= 11 is 3.28. The fraction of sp³-hybridized carbons (Fsp3) is 0.611. The van der Waals surface area contributed by atoms with Gasteiger partial charge in [-0.3, -0.25) is 4.79 Å². The zero-order chi connectivity index (χ0) is 17.7. The molecule has 0 radical (unpaired) electrons. The molecule has 0 fully saturated rings. The molecule has 2 heterocycles. The molecule has 24 heavy (non-hydrogen) atoms. The zero-order valence-corrected chi connectivity index (χ0v) is 16.9. The first kappa shape index (κ1) is 19.2. The lowest BCUT2D eigenvalue weighted by Gasteiger charge is -2.24. The zero-order valence-electron chi connectivity index (χ0n) is 15.3. The van der Waals surface area contributed by atoms with Crippen LogP contribution >= 0.6 is 23.1 Å². The van der Waals surface area contributed by atoms with Gasteiger partial charge >= 0.3 is 0 Å². The van der Waals surface area contributed by atoms with E-state index in [1.807, 2.05) is 25.7 Å². The predicted molar refractivity (Wildman–Crippen MR) is 104 cm³/mol. The first-order chi connectivity index (χ1) is 11.5. The highest BCUT2D eigenvalue weighted by Crippen LogP contribution is 2.34. The molecular formula is C18H27N3OS2. The average Bonchev–Trinajstić information content (AvgIpc) is 2.98. The summed E-state index contributed by atoms with van der Waals surface area (Å²) in [6, 6.07) is 2.17. The number of aryl methyl sites for hydroxylation is 2. The van der Waals surface area contributed by atoms with E-state index in [0.717, 1.165) is 53.4 Å². The quantitative estimate of drug-likeness (QED) is 0.503. The molecule has 0 saturated heterocycles. The van der Waals surface area contributed by atoms with Crippen LogP contribution in [0.5, 0.6) is 0 Å². The van der Waals surface area contributed by atoms with E-state index in [1.54, 1.807) is 23.1 Å². The van der Waals surface area contributed by atoms with Crippen molar-refractivity contribution in [1.82, 2.24) is 14.9 Å². The number of thioether (sulfide) groups is 1. The minimum Gasteiger partial charge on any atom is -0.342 e. The molecule has 0 aliphatic rings. The third kappa shape index (κ3) is 4.48. The molecule has 2 aromatic rings. The highest BCUT2D eigenvalue weighted by atomic mass is 32.2. The summed E-state index contributed by atoms with van der Waals surface area (Å²) < 4.78 is 0. The molecule has 0 N–H and O–H groups in total. The molecule has 132 valence electrons. The van der Waals surface area contributed by atoms with Crippen molar-refractivity contribution in [2.24, 2.45) is 0 Å². The Morgan fingerprint density at radius 2 is 2.08 bits per heavy atom. The van der Waals surface area contributed by atoms with Gasteiger partial charge in [0.05, 0.1) is 5.25 Å². The molecule has 0 aliphatic heterocycles. The standard InChI is InChI=1S/C18H27N3OS2/c1-6-9-10-21(8-3)18(22)12(4)23-16-15-11-14(7-2)24-17(15)20-13(5)19-16/h11-12H,6-10H2,1-5H3. The Balaban J connectivity index is 2.21. The van der Waals surface area contributed by atoms with Crippen LogP contribution < -0.4 is 0 Å². The summed E-state index contributed by atoms with van der Waals surface area (Å²) in [7, 11) is 0. The molecule has 0 bridgehead atoms. The van der Waals surface area contributed by atoms with Crippen molar-refractivity contribution < 1.29 is 4.79 Å². The van der Waals surface area contributed by atoms with Crippen LogP contribution in [0, 0.1) is 6.92 Å². The van der Waals surface area contributed by atoms with Crippen LogP contribution in [0.15, 0.2) is 11.1 Å². The maximum atomic E-state index is 12.7. The Labute approximate surface area is 153 Å². The summed E-state index contributed by atoms with van der Waals surface area (Å²) in [6.45, 7) is 11.9. The number of carbonyl (C=O) groups excluding carboxylic acids is 1. The predicted octanol–water partition coefficient (Wildman–Crippen LogP) is 4.69. The Kier molecular flexibility index (Phi) is 7.04. The van der Waals surface area contributed by atoms with Gasteiger partial charge in [0.1, 0.15) is 15.7 Å². The summed E-state index contributed by atoms with van der Waals surface area (Å²) in [6.07, 6.45) is 3.16. The molecular weight excluding hydrogens is 338 g/mol. The number of unbranched alkanes of at least 4 members (excludes halogenated alkanes) is 1. The molecule has 1 amide bonds. The molecule has 1 unspecified atom stereocenters. The number of thiophene rings is 1. The number of hydrogen-bond donors (Lipinski definition) is 0. The van der Waals surface area contributed by atoms with E-state index in [-0.39, 0.29) is 11.2 Å². The number of hydrogen-bond acceptors (Lipinski definition) is 5. The molecule has 2 rings (SSSR count). The van der Waals surface area contributed by atoms with Crippen LogP contribution in [0.1, 0.15) is 51.2 Å². The summed E-state index contributed by atoms with van der Waals surface area (Å²) in [5.41, 5.74) is 0. The monoisotopic (exact) mass is 365 g/mol. The van der Waals surface area contributed by atoms with Gasteiger partial charge in [0, 0.05) is 23.4 Å². The van der Waals surface area contributed by atoms with Gasteiger partial charge in [0.15, 0.2) is 0 Å². The normalized spacial score (nSPS) is 12.5. The Hall–Kier alpha value is -1.14. The van der Waals surface area contributed by atoms with Gasteiger partial charge in [-0.25, -0.2) is 9.97 Å². The number of nitrogens with zero attached hydrogens (tertiary/aromatic N) is 3. The maximum Gasteiger partial charge on any atom is 0.235 e. The molecule has 0 saturated carbocycles. The summed E-state index contributed by atoms with van der Waals surface area (Å²) in [5, 5.41) is 1.88. The lowest BCUT2D eigenvalue weighted by Crippen LogP contribution is -2.37. The number of fused-ring (bicyclic) bond motifs is 1. The van der Waals surface area contributed by atoms with Crippen molar-refractivity contribution in [2.75, 3.05) is 13.1 Å². The third-order valence-electron chi connectivity index (χ3n) is 3.98. The molecule has 6 heteroatoms. The van der Waals surface area contributed by atoms with Crippen LogP contribution in [0.4, 0.5) is 0 Å². The van der Waals surface area contributed by atoms with E-state index in [4.69, 9.17) is 0 Å². The van der Waals surface area contributed by atoms with Gasteiger partial charge in [-0.05, 0) is 39.7 Å². The molecule has 1 atom stereocenters. The third-order valence-corrected chi connectivity index (χ3v) is 6.24. The summed E-state index contributed by atoms with van der Waals surface area (Å²) in [4.78, 5) is 26.2. The lowest BCUT2D eigenvalue weighted by molar-refractivity contribution is -0.130. The second-order valence-corrected chi connectivity index (χ2v) is 8.34. The lowest BCUT2D eigenvalue weighted by atomic mass is 10.3. The fourth-order valence-corrected chi connectivity index (χ4v) is 4.69. The second-order valence-electron chi connectivity index (χ2n) is 5.89. The van der Waals surface area contributed by atoms with Crippen molar-refractivity contribution in [3.05, 3.63) is 16.8 Å². The smallest absolute Gasteiger partial charge is 0.235 e. The van der Waals surface area contributed by atoms with Gasteiger partial charge in [-0.1, -0.05) is 32.0 Å². The number of carbonyl (C=O) groups is 1. The fourth-order valence-electron chi connectivity index (χ4n) is 2.56. The van der Waals surface area contributed by atoms with Gasteiger partial charge in [0.25, 0.3) is 0 Å². The van der Waals surface area contributed by atoms with Crippen molar-refractivity contribution in [3.8, 4) is 0 Å². The van der Waals surface area contributed by atoms with E-state index in [9.17, 15) is 4.79 Å². The van der Waals surface area contributed by atoms with Crippen LogP contribution in [0.2, 0.25) is 0 Å². The number of amides is 1. The number of aromatic nitrogens is 2. The summed E-state index contributed by atoms with van der Waals surface area (Å²) in [5.74, 6) is 0.971. The van der Waals surface area contributed by atoms with E-state index >= 15 is 0 Å². The van der Waals surface area contributed by atoms with Crippen LogP contribution in [0.3, 0.4) is 0 Å². The average molecular weight is 366 g/mol. The first-order valence-electron chi connectivity index (χ1n) is 8.72. The Bertz CT molecular complexity index is 699. The van der Waals surface area contributed by atoms with Crippen molar-refractivity contribution in [3.63, 3.8) is 0 Å². The second kappa shape index (κ2) is 8.81. The van der Waals surface area contributed by atoms with Gasteiger partial charge in [-0.15, -0.1) is 11.3 Å². The molecule has 0 spiro atoms. The van der Waals surface area contributed by atoms with Crippen molar-refractivity contribution in [1.29, 1.82) is 0 Å². The number of rotatable bonds is 8. The minimum absolute atomic E-state index is 0.135. The highest BCUT2D eigenvalue weighted by Gasteiger charge is 2.22. The van der Waals surface area contributed by atoms with Gasteiger partial charge < -0.3 is 4.90 Å². The minimum atomic E-state index is -0.135. The van der Waals surface area contributed by atoms with Crippen LogP contribution in [-0.2, 0) is 11.2 Å². The van der Waals surface area contributed by atoms with Crippen molar-refractivity contribution in [2.45, 2.75) is 64.2 Å². The van der Waals surface area contributed by atoms with E-state index < -0.39 is 0 Å². The van der Waals surface area contributed by atoms with Gasteiger partial charge in [0.2, 0.25) is 5.91 Å². The van der Waals surface area contributed by atoms with E-state index in [2.05, 4.69) is 29.9 Å². The molecule has 0 aromatic carbocycles. The van der Waals surface area contributed by atoms with Crippen molar-refractivity contribution >= 4 is 39.2 Å². The van der Waals surface area contributed by atoms with Crippen LogP contribution in [0.25, 0.3) is 10.2 Å². The molecule has 2 aromatic heterocycles. The van der Waals surface area contributed by atoms with Gasteiger partial charge in [-0.2, -0.15) is 0 Å². The highest BCUT2D eigenvalue weighted by molar-refractivity contribution is 8.00. The maximum absolute atomic E-state index is 12.7. The largest absolute Gasteiger partial charge is 0.342 e. The first-order valence-corrected chi connectivity index (χ1v) is 10.4. The van der Waals surface area contributed by atoms with E-state index in [1.165, 1.54) is 4.88 Å². The molecule has 0 aliphatic carbocycles. The van der Waals surface area contributed by atoms with E-state index in [0.29, 0.717) is 0 Å². The Morgan fingerprint density at radius 1 is 1.33 bits per heavy atom. The molecule has 4 nitrogen and oxygen atoms in total. The van der Waals surface area contributed by atoms with Crippen LogP contribution in [-0.4, -0.2) is 39.1 Å².